The van der Waals surface area contributed by atoms with Crippen molar-refractivity contribution in [1.29, 1.82) is 0 Å². The molecule has 0 aromatic heterocycles. The van der Waals surface area contributed by atoms with Gasteiger partial charge in [-0.3, -0.25) is 4.79 Å². The van der Waals surface area contributed by atoms with Gasteiger partial charge < -0.3 is 15.8 Å². The van der Waals surface area contributed by atoms with Crippen LogP contribution in [-0.4, -0.2) is 12.5 Å². The lowest BCUT2D eigenvalue weighted by atomic mass is 9.99. The fourth-order valence-corrected chi connectivity index (χ4v) is 2.58. The number of carbonyl (C=O) groups excluding carboxylic acids is 1. The molecule has 3 rings (SSSR count). The molecule has 0 bridgehead atoms. The van der Waals surface area contributed by atoms with Gasteiger partial charge in [-0.2, -0.15) is 0 Å². The van der Waals surface area contributed by atoms with Crippen LogP contribution in [0.3, 0.4) is 0 Å². The summed E-state index contributed by atoms with van der Waals surface area (Å²) < 4.78 is 5.69. The number of hydrogen-bond donors (Lipinski definition) is 2. The van der Waals surface area contributed by atoms with Crippen molar-refractivity contribution in [3.05, 3.63) is 59.2 Å². The minimum absolute atomic E-state index is 0.0411. The molecule has 0 spiro atoms. The van der Waals surface area contributed by atoms with Crippen LogP contribution in [0.4, 0.5) is 5.69 Å². The molecule has 1 atom stereocenters. The number of hydrogen-bond acceptors (Lipinski definition) is 3. The number of carbonyl (C=O) groups is 1. The molecule has 1 unspecified atom stereocenters. The molecule has 1 heterocycles. The average molecular weight is 282 g/mol. The number of ether oxygens (including phenoxy) is 1. The van der Waals surface area contributed by atoms with Crippen LogP contribution in [-0.2, 0) is 11.2 Å². The largest absolute Gasteiger partial charge is 0.492 e. The SMILES string of the molecule is Cc1cc(C(N)COc2ccccc2)cc2c1NC(=O)C2. The van der Waals surface area contributed by atoms with Gasteiger partial charge in [0.25, 0.3) is 0 Å². The van der Waals surface area contributed by atoms with Crippen molar-refractivity contribution < 1.29 is 9.53 Å². The third-order valence-corrected chi connectivity index (χ3v) is 3.66. The van der Waals surface area contributed by atoms with E-state index in [9.17, 15) is 4.79 Å². The van der Waals surface area contributed by atoms with E-state index in [4.69, 9.17) is 10.5 Å². The molecule has 21 heavy (non-hydrogen) atoms. The minimum Gasteiger partial charge on any atom is -0.492 e. The maximum Gasteiger partial charge on any atom is 0.228 e. The number of nitrogens with one attached hydrogen (secondary N) is 1. The molecule has 0 saturated carbocycles. The zero-order chi connectivity index (χ0) is 14.8. The number of para-hydroxylation sites is 1. The van der Waals surface area contributed by atoms with Crippen LogP contribution in [0.1, 0.15) is 22.7 Å². The van der Waals surface area contributed by atoms with Gasteiger partial charge >= 0.3 is 0 Å². The van der Waals surface area contributed by atoms with Crippen molar-refractivity contribution in [2.24, 2.45) is 5.73 Å². The van der Waals surface area contributed by atoms with Crippen LogP contribution in [0.25, 0.3) is 0 Å². The molecule has 0 radical (unpaired) electrons. The first-order chi connectivity index (χ1) is 10.1. The summed E-state index contributed by atoms with van der Waals surface area (Å²) in [4.78, 5) is 11.5. The maximum absolute atomic E-state index is 11.5. The molecular formula is C17H18N2O2. The van der Waals surface area contributed by atoms with Crippen LogP contribution < -0.4 is 15.8 Å². The Bertz CT molecular complexity index is 668. The van der Waals surface area contributed by atoms with Gasteiger partial charge in [-0.25, -0.2) is 0 Å². The zero-order valence-corrected chi connectivity index (χ0v) is 11.9. The number of fused-ring (bicyclic) bond motifs is 1. The lowest BCUT2D eigenvalue weighted by molar-refractivity contribution is -0.115. The molecular weight excluding hydrogens is 264 g/mol. The highest BCUT2D eigenvalue weighted by molar-refractivity contribution is 6.00. The van der Waals surface area contributed by atoms with Crippen molar-refractivity contribution in [2.75, 3.05) is 11.9 Å². The summed E-state index contributed by atoms with van der Waals surface area (Å²) in [6.45, 7) is 2.39. The summed E-state index contributed by atoms with van der Waals surface area (Å²) in [5.74, 6) is 0.849. The Morgan fingerprint density at radius 1 is 1.29 bits per heavy atom. The Kier molecular flexibility index (Phi) is 3.62. The summed E-state index contributed by atoms with van der Waals surface area (Å²) in [6.07, 6.45) is 0.427. The quantitative estimate of drug-likeness (QED) is 0.906. The van der Waals surface area contributed by atoms with Crippen molar-refractivity contribution in [3.8, 4) is 5.75 Å². The van der Waals surface area contributed by atoms with E-state index < -0.39 is 0 Å². The summed E-state index contributed by atoms with van der Waals surface area (Å²) >= 11 is 0. The summed E-state index contributed by atoms with van der Waals surface area (Å²) in [7, 11) is 0. The predicted octanol–water partition coefficient (Wildman–Crippen LogP) is 2.57. The zero-order valence-electron chi connectivity index (χ0n) is 11.9. The second kappa shape index (κ2) is 5.58. The van der Waals surface area contributed by atoms with Gasteiger partial charge in [0.05, 0.1) is 12.5 Å². The lowest BCUT2D eigenvalue weighted by Crippen LogP contribution is -2.19. The van der Waals surface area contributed by atoms with Crippen LogP contribution in [0.15, 0.2) is 42.5 Å². The Morgan fingerprint density at radius 2 is 2.05 bits per heavy atom. The van der Waals surface area contributed by atoms with Gasteiger partial charge in [-0.05, 0) is 35.7 Å². The van der Waals surface area contributed by atoms with E-state index in [-0.39, 0.29) is 11.9 Å². The molecule has 1 aliphatic rings. The summed E-state index contributed by atoms with van der Waals surface area (Å²) in [5, 5.41) is 2.88. The fourth-order valence-electron chi connectivity index (χ4n) is 2.58. The Balaban J connectivity index is 1.73. The molecule has 3 N–H and O–H groups in total. The van der Waals surface area contributed by atoms with Crippen molar-refractivity contribution in [2.45, 2.75) is 19.4 Å². The van der Waals surface area contributed by atoms with Crippen LogP contribution in [0.5, 0.6) is 5.75 Å². The number of rotatable bonds is 4. The third-order valence-electron chi connectivity index (χ3n) is 3.66. The third kappa shape index (κ3) is 2.90. The van der Waals surface area contributed by atoms with E-state index in [2.05, 4.69) is 5.32 Å². The van der Waals surface area contributed by atoms with Crippen molar-refractivity contribution in [3.63, 3.8) is 0 Å². The van der Waals surface area contributed by atoms with Crippen LogP contribution >= 0.6 is 0 Å². The average Bonchev–Trinajstić information content (AvgIpc) is 2.87. The Morgan fingerprint density at radius 3 is 2.81 bits per heavy atom. The van der Waals surface area contributed by atoms with Gasteiger partial charge in [0, 0.05) is 5.69 Å². The standard InChI is InChI=1S/C17H18N2O2/c1-11-7-12(8-13-9-16(20)19-17(11)13)15(18)10-21-14-5-3-2-4-6-14/h2-8,15H,9-10,18H2,1H3,(H,19,20). The maximum atomic E-state index is 11.5. The van der Waals surface area contributed by atoms with E-state index in [1.54, 1.807) is 0 Å². The highest BCUT2D eigenvalue weighted by atomic mass is 16.5. The van der Waals surface area contributed by atoms with Gasteiger partial charge in [-0.1, -0.05) is 30.3 Å². The summed E-state index contributed by atoms with van der Waals surface area (Å²) in [6, 6.07) is 13.4. The molecule has 2 aromatic rings. The highest BCUT2D eigenvalue weighted by Crippen LogP contribution is 2.30. The van der Waals surface area contributed by atoms with E-state index in [0.29, 0.717) is 13.0 Å². The number of anilines is 1. The topological polar surface area (TPSA) is 64.3 Å². The minimum atomic E-state index is -0.218. The number of amides is 1. The van der Waals surface area contributed by atoms with Gasteiger partial charge in [0.2, 0.25) is 5.91 Å². The first-order valence-electron chi connectivity index (χ1n) is 7.00. The Hall–Kier alpha value is -2.33. The molecule has 1 amide bonds. The smallest absolute Gasteiger partial charge is 0.228 e. The van der Waals surface area contributed by atoms with Gasteiger partial charge in [0.15, 0.2) is 0 Å². The molecule has 4 heteroatoms. The molecule has 0 saturated heterocycles. The molecule has 1 aliphatic heterocycles. The van der Waals surface area contributed by atoms with Gasteiger partial charge in [-0.15, -0.1) is 0 Å². The molecule has 4 nitrogen and oxygen atoms in total. The first-order valence-corrected chi connectivity index (χ1v) is 7.00. The van der Waals surface area contributed by atoms with Crippen molar-refractivity contribution >= 4 is 11.6 Å². The van der Waals surface area contributed by atoms with E-state index in [0.717, 1.165) is 28.1 Å². The Labute approximate surface area is 123 Å². The molecule has 0 fully saturated rings. The normalized spacial score (nSPS) is 14.5. The van der Waals surface area contributed by atoms with E-state index >= 15 is 0 Å². The first kappa shape index (κ1) is 13.6. The fraction of sp³-hybridized carbons (Fsp3) is 0.235. The molecule has 2 aromatic carbocycles. The van der Waals surface area contributed by atoms with E-state index in [1.165, 1.54) is 0 Å². The predicted molar refractivity (Wildman–Crippen MR) is 82.4 cm³/mol. The molecule has 108 valence electrons. The van der Waals surface area contributed by atoms with Crippen LogP contribution in [0, 0.1) is 6.92 Å². The second-order valence-electron chi connectivity index (χ2n) is 5.33. The van der Waals surface area contributed by atoms with Gasteiger partial charge in [0.1, 0.15) is 12.4 Å². The highest BCUT2D eigenvalue weighted by Gasteiger charge is 2.21. The number of benzene rings is 2. The monoisotopic (exact) mass is 282 g/mol. The number of nitrogens with two attached hydrogens (primary N) is 1. The van der Waals surface area contributed by atoms with Crippen LogP contribution in [0.2, 0.25) is 0 Å². The van der Waals surface area contributed by atoms with Crippen molar-refractivity contribution in [1.82, 2.24) is 0 Å². The second-order valence-corrected chi connectivity index (χ2v) is 5.33. The summed E-state index contributed by atoms with van der Waals surface area (Å²) in [5.41, 5.74) is 10.2. The molecule has 0 aliphatic carbocycles. The lowest BCUT2D eigenvalue weighted by Gasteiger charge is -2.16. The number of aryl methyl sites for hydroxylation is 1. The van der Waals surface area contributed by atoms with E-state index in [1.807, 2.05) is 49.4 Å².